The van der Waals surface area contributed by atoms with Gasteiger partial charge in [-0.25, -0.2) is 0 Å². The van der Waals surface area contributed by atoms with E-state index in [0.29, 0.717) is 13.0 Å². The lowest BCUT2D eigenvalue weighted by Crippen LogP contribution is -2.35. The van der Waals surface area contributed by atoms with Crippen molar-refractivity contribution < 1.29 is 14.3 Å². The molecule has 1 N–H and O–H groups in total. The molecule has 166 valence electrons. The first-order valence-electron chi connectivity index (χ1n) is 11.2. The molecule has 1 aliphatic heterocycles. The van der Waals surface area contributed by atoms with Gasteiger partial charge in [0, 0.05) is 31.7 Å². The molecule has 31 heavy (non-hydrogen) atoms. The summed E-state index contributed by atoms with van der Waals surface area (Å²) in [5.41, 5.74) is 6.43. The van der Waals surface area contributed by atoms with Gasteiger partial charge in [-0.1, -0.05) is 49.7 Å². The zero-order valence-corrected chi connectivity index (χ0v) is 19.0. The zero-order valence-electron chi connectivity index (χ0n) is 19.0. The minimum Gasteiger partial charge on any atom is -0.379 e. The third-order valence-corrected chi connectivity index (χ3v) is 5.83. The van der Waals surface area contributed by atoms with Gasteiger partial charge in [-0.2, -0.15) is 0 Å². The minimum atomic E-state index is 0.00821. The maximum atomic E-state index is 12.6. The van der Waals surface area contributed by atoms with Crippen LogP contribution in [0.25, 0.3) is 0 Å². The van der Waals surface area contributed by atoms with Gasteiger partial charge in [-0.3, -0.25) is 14.5 Å². The van der Waals surface area contributed by atoms with E-state index in [-0.39, 0.29) is 11.7 Å². The maximum absolute atomic E-state index is 12.6. The van der Waals surface area contributed by atoms with Gasteiger partial charge in [0.15, 0.2) is 5.78 Å². The first kappa shape index (κ1) is 23.2. The summed E-state index contributed by atoms with van der Waals surface area (Å²) in [6.07, 6.45) is 2.21. The lowest BCUT2D eigenvalue weighted by molar-refractivity contribution is -0.120. The summed E-state index contributed by atoms with van der Waals surface area (Å²) in [5.74, 6) is 0.0974. The summed E-state index contributed by atoms with van der Waals surface area (Å²) in [5, 5.41) is 3.03. The van der Waals surface area contributed by atoms with Gasteiger partial charge in [0.1, 0.15) is 0 Å². The molecule has 0 radical (unpaired) electrons. The lowest BCUT2D eigenvalue weighted by atomic mass is 9.98. The molecule has 0 bridgehead atoms. The third kappa shape index (κ3) is 6.74. The van der Waals surface area contributed by atoms with Gasteiger partial charge >= 0.3 is 0 Å². The van der Waals surface area contributed by atoms with E-state index in [4.69, 9.17) is 4.74 Å². The van der Waals surface area contributed by atoms with Gasteiger partial charge in [0.05, 0.1) is 19.6 Å². The number of carbonyl (C=O) groups excluding carboxylic acids is 2. The van der Waals surface area contributed by atoms with Crippen LogP contribution < -0.4 is 5.32 Å². The largest absolute Gasteiger partial charge is 0.379 e. The number of nitrogens with one attached hydrogen (secondary N) is 1. The number of ether oxygens (including phenoxy) is 1. The fourth-order valence-electron chi connectivity index (χ4n) is 4.03. The van der Waals surface area contributed by atoms with E-state index >= 15 is 0 Å². The highest BCUT2D eigenvalue weighted by atomic mass is 16.5. The number of benzene rings is 2. The third-order valence-electron chi connectivity index (χ3n) is 5.83. The molecule has 0 aromatic heterocycles. The molecule has 1 heterocycles. The number of Topliss-reactive ketones (excluding diaryl/α,β-unsaturated/α-hetero) is 1. The van der Waals surface area contributed by atoms with Crippen LogP contribution in [0.3, 0.4) is 0 Å². The van der Waals surface area contributed by atoms with Gasteiger partial charge in [0.25, 0.3) is 0 Å². The Morgan fingerprint density at radius 1 is 1.03 bits per heavy atom. The van der Waals surface area contributed by atoms with E-state index in [1.165, 1.54) is 11.1 Å². The molecule has 0 atom stereocenters. The topological polar surface area (TPSA) is 58.6 Å². The first-order valence-corrected chi connectivity index (χ1v) is 11.2. The molecule has 1 amide bonds. The van der Waals surface area contributed by atoms with Crippen molar-refractivity contribution in [1.29, 1.82) is 0 Å². The number of hydrogen-bond donors (Lipinski definition) is 1. The van der Waals surface area contributed by atoms with Crippen LogP contribution in [0.1, 0.15) is 58.4 Å². The Labute approximate surface area is 185 Å². The number of nitrogens with zero attached hydrogens (tertiary/aromatic N) is 1. The maximum Gasteiger partial charge on any atom is 0.224 e. The van der Waals surface area contributed by atoms with Crippen molar-refractivity contribution in [3.63, 3.8) is 0 Å². The number of carbonyl (C=O) groups is 2. The van der Waals surface area contributed by atoms with Crippen molar-refractivity contribution >= 4 is 11.7 Å². The van der Waals surface area contributed by atoms with Gasteiger partial charge in [-0.05, 0) is 48.1 Å². The number of hydrogen-bond acceptors (Lipinski definition) is 4. The standard InChI is InChI=1S/C26H34N2O3/c1-4-5-23-15-22(8-9-25(23)20(3)29)17-27-26(30)16-21-7-6-19(2)24(14-21)18-28-10-12-31-13-11-28/h6-9,14-15H,4-5,10-13,16-18H2,1-3H3,(H,27,30). The fourth-order valence-corrected chi connectivity index (χ4v) is 4.03. The Morgan fingerprint density at radius 3 is 2.45 bits per heavy atom. The van der Waals surface area contributed by atoms with E-state index in [9.17, 15) is 9.59 Å². The smallest absolute Gasteiger partial charge is 0.224 e. The van der Waals surface area contributed by atoms with Crippen LogP contribution >= 0.6 is 0 Å². The van der Waals surface area contributed by atoms with Crippen LogP contribution in [-0.2, 0) is 35.5 Å². The molecule has 0 spiro atoms. The van der Waals surface area contributed by atoms with Crippen LogP contribution in [0.2, 0.25) is 0 Å². The van der Waals surface area contributed by atoms with Crippen LogP contribution in [0.5, 0.6) is 0 Å². The highest BCUT2D eigenvalue weighted by molar-refractivity contribution is 5.95. The summed E-state index contributed by atoms with van der Waals surface area (Å²) < 4.78 is 5.44. The number of amides is 1. The number of rotatable bonds is 9. The van der Waals surface area contributed by atoms with E-state index in [1.807, 2.05) is 24.3 Å². The Balaban J connectivity index is 1.59. The Bertz CT molecular complexity index is 917. The van der Waals surface area contributed by atoms with Crippen molar-refractivity contribution in [3.8, 4) is 0 Å². The van der Waals surface area contributed by atoms with E-state index in [2.05, 4.69) is 36.2 Å². The second kappa shape index (κ2) is 11.2. The summed E-state index contributed by atoms with van der Waals surface area (Å²) in [4.78, 5) is 26.8. The molecule has 0 saturated carbocycles. The second-order valence-electron chi connectivity index (χ2n) is 8.40. The quantitative estimate of drug-likeness (QED) is 0.624. The van der Waals surface area contributed by atoms with Crippen LogP contribution in [-0.4, -0.2) is 42.9 Å². The lowest BCUT2D eigenvalue weighted by Gasteiger charge is -2.27. The van der Waals surface area contributed by atoms with Crippen LogP contribution in [0.4, 0.5) is 0 Å². The van der Waals surface area contributed by atoms with E-state index < -0.39 is 0 Å². The number of morpholine rings is 1. The van der Waals surface area contributed by atoms with Crippen molar-refractivity contribution in [2.24, 2.45) is 0 Å². The van der Waals surface area contributed by atoms with Gasteiger partial charge in [0.2, 0.25) is 5.91 Å². The predicted molar refractivity (Wildman–Crippen MR) is 123 cm³/mol. The summed E-state index contributed by atoms with van der Waals surface area (Å²) >= 11 is 0. The SMILES string of the molecule is CCCc1cc(CNC(=O)Cc2ccc(C)c(CN3CCOCC3)c2)ccc1C(C)=O. The average Bonchev–Trinajstić information content (AvgIpc) is 2.75. The molecule has 1 saturated heterocycles. The van der Waals surface area contributed by atoms with Crippen LogP contribution in [0.15, 0.2) is 36.4 Å². The van der Waals surface area contributed by atoms with Gasteiger partial charge in [-0.15, -0.1) is 0 Å². The molecular weight excluding hydrogens is 388 g/mol. The van der Waals surface area contributed by atoms with Crippen molar-refractivity contribution in [2.75, 3.05) is 26.3 Å². The van der Waals surface area contributed by atoms with Crippen molar-refractivity contribution in [2.45, 2.75) is 53.1 Å². The molecule has 2 aromatic rings. The monoisotopic (exact) mass is 422 g/mol. The molecule has 1 aliphatic rings. The minimum absolute atomic E-state index is 0.00821. The molecule has 3 rings (SSSR count). The molecule has 2 aromatic carbocycles. The zero-order chi connectivity index (χ0) is 22.2. The molecule has 0 aliphatic carbocycles. The molecule has 5 nitrogen and oxygen atoms in total. The fraction of sp³-hybridized carbons (Fsp3) is 0.462. The van der Waals surface area contributed by atoms with Crippen molar-refractivity contribution in [1.82, 2.24) is 10.2 Å². The van der Waals surface area contributed by atoms with Gasteiger partial charge < -0.3 is 10.1 Å². The Morgan fingerprint density at radius 2 is 1.74 bits per heavy atom. The summed E-state index contributed by atoms with van der Waals surface area (Å²) in [7, 11) is 0. The first-order chi connectivity index (χ1) is 15.0. The normalized spacial score (nSPS) is 14.4. The number of ketones is 1. The van der Waals surface area contributed by atoms with E-state index in [1.54, 1.807) is 6.92 Å². The van der Waals surface area contributed by atoms with E-state index in [0.717, 1.165) is 67.9 Å². The second-order valence-corrected chi connectivity index (χ2v) is 8.40. The average molecular weight is 423 g/mol. The molecule has 5 heteroatoms. The Hall–Kier alpha value is -2.50. The number of aryl methyl sites for hydroxylation is 2. The predicted octanol–water partition coefficient (Wildman–Crippen LogP) is 3.84. The summed E-state index contributed by atoms with van der Waals surface area (Å²) in [6, 6.07) is 12.2. The highest BCUT2D eigenvalue weighted by Crippen LogP contribution is 2.17. The highest BCUT2D eigenvalue weighted by Gasteiger charge is 2.13. The van der Waals surface area contributed by atoms with Crippen molar-refractivity contribution in [3.05, 3.63) is 69.8 Å². The molecular formula is C26H34N2O3. The molecule has 1 fully saturated rings. The Kier molecular flexibility index (Phi) is 8.38. The molecule has 0 unspecified atom stereocenters. The summed E-state index contributed by atoms with van der Waals surface area (Å²) in [6.45, 7) is 10.7. The van der Waals surface area contributed by atoms with Crippen LogP contribution in [0, 0.1) is 6.92 Å².